The molecule has 2 N–H and O–H groups in total. The topological polar surface area (TPSA) is 70.0 Å². The molecule has 0 aliphatic carbocycles. The summed E-state index contributed by atoms with van der Waals surface area (Å²) in [4.78, 5) is 13.0. The quantitative estimate of drug-likeness (QED) is 0.0863. The number of unbranched alkanes of at least 4 members (excludes halogenated alkanes) is 12. The van der Waals surface area contributed by atoms with E-state index in [1.165, 1.54) is 77.2 Å². The van der Waals surface area contributed by atoms with Crippen LogP contribution >= 0.6 is 0 Å². The minimum Gasteiger partial charge on any atom is -0.450 e. The number of aliphatic hydroxyl groups is 1. The van der Waals surface area contributed by atoms with Crippen LogP contribution in [-0.4, -0.2) is 54.6 Å². The Labute approximate surface area is 204 Å². The van der Waals surface area contributed by atoms with Gasteiger partial charge in [0.15, 0.2) is 0 Å². The molecule has 5 heteroatoms. The average Bonchev–Trinajstić information content (AvgIpc) is 2.77. The Morgan fingerprint density at radius 1 is 0.727 bits per heavy atom. The summed E-state index contributed by atoms with van der Waals surface area (Å²) in [5.74, 6) is 0. The van der Waals surface area contributed by atoms with Crippen molar-refractivity contribution in [1.29, 1.82) is 0 Å². The van der Waals surface area contributed by atoms with Gasteiger partial charge in [0.1, 0.15) is 6.10 Å². The van der Waals surface area contributed by atoms with E-state index in [1.54, 1.807) is 0 Å². The minimum atomic E-state index is -1.21. The fourth-order valence-electron chi connectivity index (χ4n) is 3.97. The van der Waals surface area contributed by atoms with Crippen LogP contribution in [0.25, 0.3) is 0 Å². The summed E-state index contributed by atoms with van der Waals surface area (Å²) < 4.78 is 4.89. The van der Waals surface area contributed by atoms with E-state index in [-0.39, 0.29) is 12.7 Å². The molecule has 5 nitrogen and oxygen atoms in total. The van der Waals surface area contributed by atoms with Crippen molar-refractivity contribution in [3.8, 4) is 0 Å². The molecule has 0 amide bonds. The van der Waals surface area contributed by atoms with E-state index in [1.807, 2.05) is 0 Å². The van der Waals surface area contributed by atoms with Crippen molar-refractivity contribution in [3.63, 3.8) is 0 Å². The standard InChI is InChI=1S/C28H53NO4/c1-29(2)25-21-19-17-15-13-11-9-7-5-3-4-6-8-10-12-14-16-18-20-23-27(24-22-26-30)33-28(31)32/h4-7,27,30H,3,8-26H2,1-2H3,(H,31,32)/b6-4-,7-5-. The zero-order chi connectivity index (χ0) is 24.4. The van der Waals surface area contributed by atoms with Crippen molar-refractivity contribution >= 4 is 6.16 Å². The van der Waals surface area contributed by atoms with Gasteiger partial charge in [0.05, 0.1) is 0 Å². The third-order valence-electron chi connectivity index (χ3n) is 5.93. The summed E-state index contributed by atoms with van der Waals surface area (Å²) in [6, 6.07) is 0. The van der Waals surface area contributed by atoms with E-state index in [4.69, 9.17) is 14.9 Å². The van der Waals surface area contributed by atoms with E-state index in [0.717, 1.165) is 32.1 Å². The van der Waals surface area contributed by atoms with Crippen molar-refractivity contribution in [1.82, 2.24) is 4.90 Å². The van der Waals surface area contributed by atoms with Crippen molar-refractivity contribution in [2.75, 3.05) is 27.2 Å². The molecule has 0 heterocycles. The number of aliphatic hydroxyl groups excluding tert-OH is 1. The molecule has 0 fully saturated rings. The number of allylic oxidation sites excluding steroid dienone is 4. The van der Waals surface area contributed by atoms with E-state index in [0.29, 0.717) is 12.8 Å². The lowest BCUT2D eigenvalue weighted by atomic mass is 10.0. The Morgan fingerprint density at radius 2 is 1.21 bits per heavy atom. The van der Waals surface area contributed by atoms with Gasteiger partial charge in [-0.3, -0.25) is 0 Å². The zero-order valence-corrected chi connectivity index (χ0v) is 21.7. The van der Waals surface area contributed by atoms with Crippen molar-refractivity contribution in [2.45, 2.75) is 122 Å². The average molecular weight is 468 g/mol. The maximum Gasteiger partial charge on any atom is 0.506 e. The fraction of sp³-hybridized carbons (Fsp3) is 0.821. The van der Waals surface area contributed by atoms with Gasteiger partial charge in [-0.2, -0.15) is 0 Å². The highest BCUT2D eigenvalue weighted by molar-refractivity contribution is 5.57. The van der Waals surface area contributed by atoms with Gasteiger partial charge in [-0.25, -0.2) is 4.79 Å². The van der Waals surface area contributed by atoms with Crippen molar-refractivity contribution < 1.29 is 19.7 Å². The number of ether oxygens (including phenoxy) is 1. The maximum atomic E-state index is 10.7. The van der Waals surface area contributed by atoms with Crippen LogP contribution in [0.5, 0.6) is 0 Å². The van der Waals surface area contributed by atoms with Crippen molar-refractivity contribution in [3.05, 3.63) is 24.3 Å². The molecule has 0 aromatic rings. The molecule has 0 aromatic carbocycles. The van der Waals surface area contributed by atoms with Crippen LogP contribution in [0.1, 0.15) is 116 Å². The smallest absolute Gasteiger partial charge is 0.450 e. The lowest BCUT2D eigenvalue weighted by molar-refractivity contribution is 0.0403. The number of nitrogens with zero attached hydrogens (tertiary/aromatic N) is 1. The summed E-state index contributed by atoms with van der Waals surface area (Å²) in [6.45, 7) is 1.31. The van der Waals surface area contributed by atoms with Gasteiger partial charge >= 0.3 is 6.16 Å². The molecule has 194 valence electrons. The van der Waals surface area contributed by atoms with Gasteiger partial charge in [0.2, 0.25) is 0 Å². The second-order valence-electron chi connectivity index (χ2n) is 9.46. The normalized spacial score (nSPS) is 12.8. The molecule has 0 aromatic heterocycles. The largest absolute Gasteiger partial charge is 0.506 e. The summed E-state index contributed by atoms with van der Waals surface area (Å²) in [5, 5.41) is 17.7. The van der Waals surface area contributed by atoms with Crippen LogP contribution in [0, 0.1) is 0 Å². The molecular formula is C28H53NO4. The Kier molecular flexibility index (Phi) is 24.3. The van der Waals surface area contributed by atoms with Crippen LogP contribution in [0.15, 0.2) is 24.3 Å². The second-order valence-corrected chi connectivity index (χ2v) is 9.46. The Bertz CT molecular complexity index is 477. The van der Waals surface area contributed by atoms with Crippen LogP contribution in [0.4, 0.5) is 4.79 Å². The van der Waals surface area contributed by atoms with Crippen molar-refractivity contribution in [2.24, 2.45) is 0 Å². The number of rotatable bonds is 24. The minimum absolute atomic E-state index is 0.0854. The van der Waals surface area contributed by atoms with E-state index in [9.17, 15) is 4.79 Å². The SMILES string of the molecule is CN(C)CCCCCCCC/C=C\C/C=C\CCCCCCCCC(CCCO)OC(=O)O. The molecule has 0 aliphatic rings. The van der Waals surface area contributed by atoms with E-state index >= 15 is 0 Å². The lowest BCUT2D eigenvalue weighted by Crippen LogP contribution is -2.17. The summed E-state index contributed by atoms with van der Waals surface area (Å²) in [5.41, 5.74) is 0. The zero-order valence-electron chi connectivity index (χ0n) is 21.7. The molecule has 33 heavy (non-hydrogen) atoms. The molecule has 0 saturated heterocycles. The molecule has 0 rings (SSSR count). The number of hydrogen-bond acceptors (Lipinski definition) is 4. The molecule has 0 spiro atoms. The number of carboxylic acid groups (broad SMARTS) is 1. The van der Waals surface area contributed by atoms with Gasteiger partial charge in [-0.1, -0.05) is 75.7 Å². The molecule has 0 saturated carbocycles. The van der Waals surface area contributed by atoms with Gasteiger partial charge in [0.25, 0.3) is 0 Å². The van der Waals surface area contributed by atoms with Crippen LogP contribution in [-0.2, 0) is 4.74 Å². The Morgan fingerprint density at radius 3 is 1.73 bits per heavy atom. The van der Waals surface area contributed by atoms with Gasteiger partial charge in [0, 0.05) is 6.61 Å². The molecule has 0 radical (unpaired) electrons. The first-order valence-electron chi connectivity index (χ1n) is 13.5. The summed E-state index contributed by atoms with van der Waals surface area (Å²) in [7, 11) is 4.30. The van der Waals surface area contributed by atoms with Crippen LogP contribution in [0.2, 0.25) is 0 Å². The fourth-order valence-corrected chi connectivity index (χ4v) is 3.97. The summed E-state index contributed by atoms with van der Waals surface area (Å²) in [6.07, 6.45) is 28.4. The van der Waals surface area contributed by atoms with Gasteiger partial charge in [-0.15, -0.1) is 0 Å². The Balaban J connectivity index is 3.40. The first kappa shape index (κ1) is 31.7. The maximum absolute atomic E-state index is 10.7. The first-order chi connectivity index (χ1) is 16.1. The summed E-state index contributed by atoms with van der Waals surface area (Å²) >= 11 is 0. The number of carbonyl (C=O) groups is 1. The van der Waals surface area contributed by atoms with Gasteiger partial charge < -0.3 is 19.8 Å². The van der Waals surface area contributed by atoms with Gasteiger partial charge in [-0.05, 0) is 84.8 Å². The van der Waals surface area contributed by atoms with E-state index < -0.39 is 6.16 Å². The van der Waals surface area contributed by atoms with Crippen LogP contribution in [0.3, 0.4) is 0 Å². The lowest BCUT2D eigenvalue weighted by Gasteiger charge is -2.15. The highest BCUT2D eigenvalue weighted by Crippen LogP contribution is 2.15. The number of hydrogen-bond donors (Lipinski definition) is 2. The molecular weight excluding hydrogens is 414 g/mol. The highest BCUT2D eigenvalue weighted by atomic mass is 16.7. The van der Waals surface area contributed by atoms with E-state index in [2.05, 4.69) is 43.3 Å². The molecule has 0 bridgehead atoms. The molecule has 1 unspecified atom stereocenters. The van der Waals surface area contributed by atoms with Crippen LogP contribution < -0.4 is 0 Å². The monoisotopic (exact) mass is 467 g/mol. The highest BCUT2D eigenvalue weighted by Gasteiger charge is 2.12. The molecule has 1 atom stereocenters. The molecule has 0 aliphatic heterocycles. The first-order valence-corrected chi connectivity index (χ1v) is 13.5. The predicted octanol–water partition coefficient (Wildman–Crippen LogP) is 7.74. The second kappa shape index (κ2) is 25.3. The predicted molar refractivity (Wildman–Crippen MR) is 140 cm³/mol. The third-order valence-corrected chi connectivity index (χ3v) is 5.93. The third kappa shape index (κ3) is 26.8. The Hall–Kier alpha value is -1.33.